The van der Waals surface area contributed by atoms with Crippen LogP contribution < -0.4 is 5.32 Å². The lowest BCUT2D eigenvalue weighted by molar-refractivity contribution is 0.160. The van der Waals surface area contributed by atoms with E-state index < -0.39 is 0 Å². The van der Waals surface area contributed by atoms with Crippen LogP contribution in [0.5, 0.6) is 5.75 Å². The van der Waals surface area contributed by atoms with Gasteiger partial charge in [0, 0.05) is 18.7 Å². The fourth-order valence-corrected chi connectivity index (χ4v) is 1.47. The van der Waals surface area contributed by atoms with Gasteiger partial charge in [-0.05, 0) is 12.5 Å². The minimum Gasteiger partial charge on any atom is -0.508 e. The predicted molar refractivity (Wildman–Crippen MR) is 60.7 cm³/mol. The lowest BCUT2D eigenvalue weighted by Gasteiger charge is -2.11. The third kappa shape index (κ3) is 4.32. The van der Waals surface area contributed by atoms with Gasteiger partial charge in [-0.3, -0.25) is 0 Å². The van der Waals surface area contributed by atoms with Gasteiger partial charge in [0.1, 0.15) is 5.75 Å². The van der Waals surface area contributed by atoms with Crippen molar-refractivity contribution in [2.75, 3.05) is 6.54 Å². The van der Waals surface area contributed by atoms with Crippen molar-refractivity contribution in [2.24, 2.45) is 0 Å². The molecule has 1 aromatic rings. The molecule has 3 heteroatoms. The number of para-hydroxylation sites is 1. The Hall–Kier alpha value is -1.06. The molecule has 0 aliphatic rings. The van der Waals surface area contributed by atoms with Crippen molar-refractivity contribution in [1.29, 1.82) is 0 Å². The SMILES string of the molecule is CCCC(O)CNCc1ccccc1O. The van der Waals surface area contributed by atoms with Crippen LogP contribution in [0, 0.1) is 0 Å². The van der Waals surface area contributed by atoms with Gasteiger partial charge in [-0.1, -0.05) is 31.5 Å². The number of hydrogen-bond acceptors (Lipinski definition) is 3. The molecule has 0 amide bonds. The van der Waals surface area contributed by atoms with Gasteiger partial charge in [0.05, 0.1) is 6.10 Å². The summed E-state index contributed by atoms with van der Waals surface area (Å²) >= 11 is 0. The van der Waals surface area contributed by atoms with E-state index in [0.29, 0.717) is 18.8 Å². The van der Waals surface area contributed by atoms with Gasteiger partial charge in [-0.2, -0.15) is 0 Å². The van der Waals surface area contributed by atoms with Gasteiger partial charge in [-0.25, -0.2) is 0 Å². The van der Waals surface area contributed by atoms with Crippen LogP contribution in [0.4, 0.5) is 0 Å². The Morgan fingerprint density at radius 3 is 2.73 bits per heavy atom. The maximum Gasteiger partial charge on any atom is 0.120 e. The van der Waals surface area contributed by atoms with Crippen LogP contribution in [0.3, 0.4) is 0 Å². The number of aromatic hydroxyl groups is 1. The molecule has 0 aromatic heterocycles. The Kier molecular flexibility index (Phi) is 5.15. The van der Waals surface area contributed by atoms with E-state index in [1.165, 1.54) is 0 Å². The van der Waals surface area contributed by atoms with Crippen LogP contribution in [0.1, 0.15) is 25.3 Å². The average Bonchev–Trinajstić information content (AvgIpc) is 2.21. The van der Waals surface area contributed by atoms with E-state index in [1.54, 1.807) is 12.1 Å². The lowest BCUT2D eigenvalue weighted by atomic mass is 10.2. The number of hydrogen-bond donors (Lipinski definition) is 3. The first-order chi connectivity index (χ1) is 7.24. The molecule has 0 aliphatic carbocycles. The molecule has 0 fully saturated rings. The highest BCUT2D eigenvalue weighted by atomic mass is 16.3. The second-order valence-electron chi connectivity index (χ2n) is 3.70. The van der Waals surface area contributed by atoms with Crippen molar-refractivity contribution in [3.05, 3.63) is 29.8 Å². The Morgan fingerprint density at radius 1 is 1.33 bits per heavy atom. The molecule has 0 saturated carbocycles. The van der Waals surface area contributed by atoms with Crippen molar-refractivity contribution >= 4 is 0 Å². The van der Waals surface area contributed by atoms with Crippen LogP contribution >= 0.6 is 0 Å². The fraction of sp³-hybridized carbons (Fsp3) is 0.500. The second kappa shape index (κ2) is 6.43. The molecule has 3 nitrogen and oxygen atoms in total. The smallest absolute Gasteiger partial charge is 0.120 e. The number of phenolic OH excluding ortho intramolecular Hbond substituents is 1. The highest BCUT2D eigenvalue weighted by Crippen LogP contribution is 2.14. The summed E-state index contributed by atoms with van der Waals surface area (Å²) in [6.45, 7) is 3.21. The zero-order chi connectivity index (χ0) is 11.1. The molecule has 0 bridgehead atoms. The molecule has 1 atom stereocenters. The Morgan fingerprint density at radius 2 is 2.07 bits per heavy atom. The number of rotatable bonds is 6. The highest BCUT2D eigenvalue weighted by molar-refractivity contribution is 5.31. The molecule has 1 rings (SSSR count). The van der Waals surface area contributed by atoms with E-state index in [1.807, 2.05) is 19.1 Å². The molecule has 0 saturated heterocycles. The van der Waals surface area contributed by atoms with Crippen molar-refractivity contribution in [3.63, 3.8) is 0 Å². The third-order valence-corrected chi connectivity index (χ3v) is 2.31. The van der Waals surface area contributed by atoms with E-state index in [9.17, 15) is 10.2 Å². The number of aliphatic hydroxyl groups excluding tert-OH is 1. The summed E-state index contributed by atoms with van der Waals surface area (Å²) < 4.78 is 0. The first-order valence-electron chi connectivity index (χ1n) is 5.39. The quantitative estimate of drug-likeness (QED) is 0.667. The van der Waals surface area contributed by atoms with E-state index in [4.69, 9.17) is 0 Å². The minimum atomic E-state index is -0.291. The minimum absolute atomic E-state index is 0.291. The molecular formula is C12H19NO2. The van der Waals surface area contributed by atoms with E-state index in [2.05, 4.69) is 5.32 Å². The topological polar surface area (TPSA) is 52.5 Å². The van der Waals surface area contributed by atoms with Crippen molar-refractivity contribution in [3.8, 4) is 5.75 Å². The molecule has 1 unspecified atom stereocenters. The normalized spacial score (nSPS) is 12.7. The number of nitrogens with one attached hydrogen (secondary N) is 1. The first kappa shape index (κ1) is 12.0. The van der Waals surface area contributed by atoms with Gasteiger partial charge in [0.2, 0.25) is 0 Å². The summed E-state index contributed by atoms with van der Waals surface area (Å²) in [5.41, 5.74) is 0.862. The number of aliphatic hydroxyl groups is 1. The third-order valence-electron chi connectivity index (χ3n) is 2.31. The molecule has 0 heterocycles. The molecule has 1 aromatic carbocycles. The van der Waals surface area contributed by atoms with Crippen LogP contribution in [0.25, 0.3) is 0 Å². The Labute approximate surface area is 90.8 Å². The maximum absolute atomic E-state index is 9.48. The summed E-state index contributed by atoms with van der Waals surface area (Å²) in [5, 5.41) is 22.1. The summed E-state index contributed by atoms with van der Waals surface area (Å²) in [6, 6.07) is 7.22. The zero-order valence-electron chi connectivity index (χ0n) is 9.11. The Bertz CT molecular complexity index is 289. The van der Waals surface area contributed by atoms with Gasteiger partial charge >= 0.3 is 0 Å². The van der Waals surface area contributed by atoms with Gasteiger partial charge in [-0.15, -0.1) is 0 Å². The number of benzene rings is 1. The molecule has 0 radical (unpaired) electrons. The molecule has 3 N–H and O–H groups in total. The first-order valence-corrected chi connectivity index (χ1v) is 5.39. The molecule has 84 valence electrons. The van der Waals surface area contributed by atoms with Crippen LogP contribution in [-0.2, 0) is 6.54 Å². The molecule has 0 aliphatic heterocycles. The standard InChI is InChI=1S/C12H19NO2/c1-2-5-11(14)9-13-8-10-6-3-4-7-12(10)15/h3-4,6-7,11,13-15H,2,5,8-9H2,1H3. The summed E-state index contributed by atoms with van der Waals surface area (Å²) in [4.78, 5) is 0. The van der Waals surface area contributed by atoms with E-state index in [0.717, 1.165) is 18.4 Å². The largest absolute Gasteiger partial charge is 0.508 e. The van der Waals surface area contributed by atoms with Gasteiger partial charge < -0.3 is 15.5 Å². The zero-order valence-corrected chi connectivity index (χ0v) is 9.11. The van der Waals surface area contributed by atoms with E-state index in [-0.39, 0.29) is 6.10 Å². The fourth-order valence-electron chi connectivity index (χ4n) is 1.47. The van der Waals surface area contributed by atoms with Crippen molar-refractivity contribution in [2.45, 2.75) is 32.4 Å². The van der Waals surface area contributed by atoms with Crippen molar-refractivity contribution < 1.29 is 10.2 Å². The van der Waals surface area contributed by atoms with Crippen molar-refractivity contribution in [1.82, 2.24) is 5.32 Å². The van der Waals surface area contributed by atoms with Crippen LogP contribution in [0.15, 0.2) is 24.3 Å². The van der Waals surface area contributed by atoms with Crippen LogP contribution in [-0.4, -0.2) is 22.9 Å². The lowest BCUT2D eigenvalue weighted by Crippen LogP contribution is -2.26. The monoisotopic (exact) mass is 209 g/mol. The summed E-state index contributed by atoms with van der Waals surface area (Å²) in [6.07, 6.45) is 1.51. The molecule has 0 spiro atoms. The predicted octanol–water partition coefficient (Wildman–Crippen LogP) is 1.64. The average molecular weight is 209 g/mol. The maximum atomic E-state index is 9.48. The highest BCUT2D eigenvalue weighted by Gasteiger charge is 2.03. The molecule has 15 heavy (non-hydrogen) atoms. The Balaban J connectivity index is 2.29. The summed E-state index contributed by atoms with van der Waals surface area (Å²) in [5.74, 6) is 0.301. The summed E-state index contributed by atoms with van der Waals surface area (Å²) in [7, 11) is 0. The second-order valence-corrected chi connectivity index (χ2v) is 3.70. The van der Waals surface area contributed by atoms with E-state index >= 15 is 0 Å². The van der Waals surface area contributed by atoms with Gasteiger partial charge in [0.15, 0.2) is 0 Å². The molecular weight excluding hydrogens is 190 g/mol. The number of phenols is 1. The van der Waals surface area contributed by atoms with Gasteiger partial charge in [0.25, 0.3) is 0 Å². The van der Waals surface area contributed by atoms with Crippen LogP contribution in [0.2, 0.25) is 0 Å².